The van der Waals surface area contributed by atoms with E-state index in [1.54, 1.807) is 0 Å². The van der Waals surface area contributed by atoms with Crippen LogP contribution in [0.5, 0.6) is 0 Å². The summed E-state index contributed by atoms with van der Waals surface area (Å²) in [6.07, 6.45) is -1.81. The maximum absolute atomic E-state index is 11.4. The third kappa shape index (κ3) is 5.21. The Morgan fingerprint density at radius 3 is 2.30 bits per heavy atom. The number of nitrogens with one attached hydrogen (secondary N) is 1. The Balaban J connectivity index is 3.91. The minimum Gasteiger partial charge on any atom is -0.302 e. The van der Waals surface area contributed by atoms with Crippen molar-refractivity contribution in [3.05, 3.63) is 24.4 Å². The van der Waals surface area contributed by atoms with Gasteiger partial charge in [-0.15, -0.1) is 0 Å². The van der Waals surface area contributed by atoms with Gasteiger partial charge in [0.15, 0.2) is 0 Å². The lowest BCUT2D eigenvalue weighted by atomic mass is 10.4. The zero-order valence-corrected chi connectivity index (χ0v) is 5.50. The minimum atomic E-state index is -4.34. The topological polar surface area (TPSA) is 12.0 Å². The van der Waals surface area contributed by atoms with Crippen molar-refractivity contribution >= 4 is 0 Å². The first kappa shape index (κ1) is 9.07. The molecular weight excluding hydrogens is 143 g/mol. The third-order valence-corrected chi connectivity index (χ3v) is 0.707. The van der Waals surface area contributed by atoms with Gasteiger partial charge in [-0.05, 0) is 13.0 Å². The molecule has 1 nitrogen and oxygen atoms in total. The van der Waals surface area contributed by atoms with Gasteiger partial charge in [0.25, 0.3) is 0 Å². The van der Waals surface area contributed by atoms with Crippen molar-refractivity contribution < 1.29 is 13.2 Å². The highest BCUT2D eigenvalue weighted by molar-refractivity contribution is 5.06. The maximum Gasteiger partial charge on any atom is 0.482 e. The lowest BCUT2D eigenvalue weighted by Gasteiger charge is -2.08. The normalized spacial score (nSPS) is 13.0. The number of rotatable bonds is 2. The molecule has 10 heavy (non-hydrogen) atoms. The fraction of sp³-hybridized carbons (Fsp3) is 0.333. The summed E-state index contributed by atoms with van der Waals surface area (Å²) in [5, 5.41) is 1.31. The molecule has 0 spiro atoms. The molecule has 0 aromatic rings. The van der Waals surface area contributed by atoms with Crippen LogP contribution in [0.3, 0.4) is 0 Å². The molecule has 58 valence electrons. The molecule has 0 fully saturated rings. The fourth-order valence-corrected chi connectivity index (χ4v) is 0.442. The van der Waals surface area contributed by atoms with Crippen molar-refractivity contribution in [2.24, 2.45) is 0 Å². The highest BCUT2D eigenvalue weighted by Crippen LogP contribution is 2.11. The summed E-state index contributed by atoms with van der Waals surface area (Å²) in [5.74, 6) is 0. The van der Waals surface area contributed by atoms with E-state index in [0.29, 0.717) is 0 Å². The van der Waals surface area contributed by atoms with Crippen LogP contribution < -0.4 is 5.32 Å². The first-order valence-corrected chi connectivity index (χ1v) is 2.60. The predicted molar refractivity (Wildman–Crippen MR) is 33.1 cm³/mol. The first-order valence-electron chi connectivity index (χ1n) is 2.60. The number of hydrogen-bond donors (Lipinski definition) is 1. The summed E-state index contributed by atoms with van der Waals surface area (Å²) in [7, 11) is 0. The van der Waals surface area contributed by atoms with Crippen molar-refractivity contribution in [3.8, 4) is 0 Å². The number of halogens is 3. The highest BCUT2D eigenvalue weighted by atomic mass is 19.4. The molecule has 0 bridgehead atoms. The molecule has 0 saturated carbocycles. The smallest absolute Gasteiger partial charge is 0.302 e. The number of allylic oxidation sites excluding steroid dienone is 3. The average molecular weight is 151 g/mol. The molecule has 0 saturated heterocycles. The Kier molecular flexibility index (Phi) is 2.99. The summed E-state index contributed by atoms with van der Waals surface area (Å²) < 4.78 is 34.3. The van der Waals surface area contributed by atoms with E-state index in [1.807, 2.05) is 0 Å². The average Bonchev–Trinajstić information content (AvgIpc) is 1.59. The summed E-state index contributed by atoms with van der Waals surface area (Å²) in [5.41, 5.74) is 0.0301. The summed E-state index contributed by atoms with van der Waals surface area (Å²) >= 11 is 0. The molecule has 0 heterocycles. The largest absolute Gasteiger partial charge is 0.482 e. The van der Waals surface area contributed by atoms with E-state index >= 15 is 0 Å². The van der Waals surface area contributed by atoms with Crippen LogP contribution in [0.2, 0.25) is 0 Å². The molecule has 0 aliphatic heterocycles. The Bertz CT molecular complexity index is 146. The Morgan fingerprint density at radius 1 is 1.50 bits per heavy atom. The minimum absolute atomic E-state index is 0.0301. The van der Waals surface area contributed by atoms with Gasteiger partial charge in [0.2, 0.25) is 0 Å². The standard InChI is InChI=1S/C6H8F3N/c1-3-4-5(2)10-6(7,8)9/h3-4,10H,1H2,2H3/b5-4-. The zero-order valence-electron chi connectivity index (χ0n) is 5.50. The first-order chi connectivity index (χ1) is 4.45. The molecule has 0 unspecified atom stereocenters. The van der Waals surface area contributed by atoms with Gasteiger partial charge < -0.3 is 5.32 Å². The number of hydrogen-bond acceptors (Lipinski definition) is 1. The third-order valence-electron chi connectivity index (χ3n) is 0.707. The number of alkyl halides is 3. The van der Waals surface area contributed by atoms with Crippen LogP contribution in [-0.2, 0) is 0 Å². The molecule has 0 aromatic carbocycles. The second-order valence-electron chi connectivity index (χ2n) is 1.71. The second-order valence-corrected chi connectivity index (χ2v) is 1.71. The van der Waals surface area contributed by atoms with E-state index in [0.717, 1.165) is 0 Å². The molecule has 0 aliphatic rings. The van der Waals surface area contributed by atoms with Gasteiger partial charge in [-0.3, -0.25) is 0 Å². The van der Waals surface area contributed by atoms with E-state index in [-0.39, 0.29) is 5.70 Å². The van der Waals surface area contributed by atoms with Gasteiger partial charge >= 0.3 is 6.30 Å². The van der Waals surface area contributed by atoms with Crippen molar-refractivity contribution in [1.82, 2.24) is 5.32 Å². The zero-order chi connectivity index (χ0) is 8.20. The van der Waals surface area contributed by atoms with Gasteiger partial charge in [-0.1, -0.05) is 12.7 Å². The molecule has 0 amide bonds. The van der Waals surface area contributed by atoms with E-state index in [2.05, 4.69) is 6.58 Å². The van der Waals surface area contributed by atoms with Gasteiger partial charge in [-0.2, -0.15) is 13.2 Å². The molecule has 1 N–H and O–H groups in total. The molecule has 0 radical (unpaired) electrons. The molecular formula is C6H8F3N. The SMILES string of the molecule is C=C/C=C(/C)NC(F)(F)F. The summed E-state index contributed by atoms with van der Waals surface area (Å²) in [6, 6.07) is 0. The summed E-state index contributed by atoms with van der Waals surface area (Å²) in [4.78, 5) is 0. The molecule has 4 heteroatoms. The van der Waals surface area contributed by atoms with Crippen LogP contribution in [0, 0.1) is 0 Å². The lowest BCUT2D eigenvalue weighted by molar-refractivity contribution is -0.149. The van der Waals surface area contributed by atoms with E-state index in [9.17, 15) is 13.2 Å². The molecule has 0 aromatic heterocycles. The second kappa shape index (κ2) is 3.29. The van der Waals surface area contributed by atoms with Crippen LogP contribution in [0.4, 0.5) is 13.2 Å². The van der Waals surface area contributed by atoms with Crippen molar-refractivity contribution in [2.75, 3.05) is 0 Å². The lowest BCUT2D eigenvalue weighted by Crippen LogP contribution is -2.29. The van der Waals surface area contributed by atoms with Crippen LogP contribution in [0.1, 0.15) is 6.92 Å². The van der Waals surface area contributed by atoms with E-state index < -0.39 is 6.30 Å². The van der Waals surface area contributed by atoms with Crippen LogP contribution in [0.15, 0.2) is 24.4 Å². The highest BCUT2D eigenvalue weighted by Gasteiger charge is 2.26. The van der Waals surface area contributed by atoms with Gasteiger partial charge in [0, 0.05) is 5.70 Å². The van der Waals surface area contributed by atoms with Crippen LogP contribution in [0.25, 0.3) is 0 Å². The summed E-state index contributed by atoms with van der Waals surface area (Å²) in [6.45, 7) is 4.56. The van der Waals surface area contributed by atoms with Crippen LogP contribution >= 0.6 is 0 Å². The van der Waals surface area contributed by atoms with E-state index in [1.165, 1.54) is 24.4 Å². The van der Waals surface area contributed by atoms with Crippen molar-refractivity contribution in [2.45, 2.75) is 13.2 Å². The predicted octanol–water partition coefficient (Wildman–Crippen LogP) is 2.19. The quantitative estimate of drug-likeness (QED) is 0.471. The molecule has 0 atom stereocenters. The van der Waals surface area contributed by atoms with Gasteiger partial charge in [-0.25, -0.2) is 0 Å². The van der Waals surface area contributed by atoms with Crippen molar-refractivity contribution in [3.63, 3.8) is 0 Å². The molecule has 0 aliphatic carbocycles. The monoisotopic (exact) mass is 151 g/mol. The Hall–Kier alpha value is -0.930. The molecule has 0 rings (SSSR count). The van der Waals surface area contributed by atoms with E-state index in [4.69, 9.17) is 0 Å². The maximum atomic E-state index is 11.4. The Morgan fingerprint density at radius 2 is 2.00 bits per heavy atom. The van der Waals surface area contributed by atoms with Gasteiger partial charge in [0.1, 0.15) is 0 Å². The van der Waals surface area contributed by atoms with Crippen molar-refractivity contribution in [1.29, 1.82) is 0 Å². The van der Waals surface area contributed by atoms with Crippen LogP contribution in [-0.4, -0.2) is 6.30 Å². The Labute approximate surface area is 57.2 Å². The van der Waals surface area contributed by atoms with Gasteiger partial charge in [0.05, 0.1) is 0 Å². The fourth-order valence-electron chi connectivity index (χ4n) is 0.442.